The van der Waals surface area contributed by atoms with E-state index in [9.17, 15) is 14.7 Å². The lowest BCUT2D eigenvalue weighted by atomic mass is 9.52. The Labute approximate surface area is 192 Å². The van der Waals surface area contributed by atoms with Crippen LogP contribution >= 0.6 is 0 Å². The van der Waals surface area contributed by atoms with Crippen LogP contribution in [0, 0.1) is 18.8 Å². The number of pyridine rings is 1. The zero-order chi connectivity index (χ0) is 23.3. The number of benzene rings is 1. The Morgan fingerprint density at radius 3 is 2.58 bits per heavy atom. The largest absolute Gasteiger partial charge is 0.515 e. The van der Waals surface area contributed by atoms with Crippen molar-refractivity contribution >= 4 is 5.78 Å². The van der Waals surface area contributed by atoms with Gasteiger partial charge >= 0.3 is 0 Å². The van der Waals surface area contributed by atoms with Crippen LogP contribution in [0.3, 0.4) is 0 Å². The molecule has 2 aromatic heterocycles. The lowest BCUT2D eigenvalue weighted by Gasteiger charge is -2.51. The van der Waals surface area contributed by atoms with E-state index in [0.29, 0.717) is 17.8 Å². The van der Waals surface area contributed by atoms with Crippen molar-refractivity contribution in [3.8, 4) is 11.3 Å². The van der Waals surface area contributed by atoms with E-state index >= 15 is 0 Å². The summed E-state index contributed by atoms with van der Waals surface area (Å²) >= 11 is 0. The number of rotatable bonds is 2. The summed E-state index contributed by atoms with van der Waals surface area (Å²) in [5, 5.41) is 9.97. The first-order valence-electron chi connectivity index (χ1n) is 11.3. The van der Waals surface area contributed by atoms with Crippen molar-refractivity contribution in [1.29, 1.82) is 0 Å². The number of ketones is 1. The van der Waals surface area contributed by atoms with E-state index in [-0.39, 0.29) is 23.2 Å². The third kappa shape index (κ3) is 3.16. The van der Waals surface area contributed by atoms with E-state index < -0.39 is 5.41 Å². The van der Waals surface area contributed by atoms with Crippen molar-refractivity contribution < 1.29 is 9.90 Å². The summed E-state index contributed by atoms with van der Waals surface area (Å²) < 4.78 is 1.56. The van der Waals surface area contributed by atoms with E-state index in [1.165, 1.54) is 0 Å². The van der Waals surface area contributed by atoms with Gasteiger partial charge < -0.3 is 9.67 Å². The fourth-order valence-corrected chi connectivity index (χ4v) is 5.95. The maximum atomic E-state index is 13.0. The minimum absolute atomic E-state index is 0.0153. The number of hydrogen-bond donors (Lipinski definition) is 1. The molecule has 6 nitrogen and oxygen atoms in total. The average molecular weight is 442 g/mol. The maximum absolute atomic E-state index is 13.0. The molecule has 0 aliphatic heterocycles. The minimum atomic E-state index is -0.542. The van der Waals surface area contributed by atoms with E-state index in [0.717, 1.165) is 47.2 Å². The topological polar surface area (TPSA) is 85.1 Å². The third-order valence-corrected chi connectivity index (χ3v) is 7.49. The predicted octanol–water partition coefficient (Wildman–Crippen LogP) is 4.05. The Bertz CT molecular complexity index is 1340. The maximum Gasteiger partial charge on any atom is 0.250 e. The summed E-state index contributed by atoms with van der Waals surface area (Å²) in [5.74, 6) is 0.488. The molecule has 3 atom stereocenters. The molecule has 1 N–H and O–H groups in total. The Morgan fingerprint density at radius 1 is 1.12 bits per heavy atom. The second kappa shape index (κ2) is 7.80. The number of fused-ring (bicyclic) bond motifs is 3. The van der Waals surface area contributed by atoms with Gasteiger partial charge in [-0.15, -0.1) is 0 Å². The van der Waals surface area contributed by atoms with Crippen molar-refractivity contribution in [2.75, 3.05) is 0 Å². The van der Waals surface area contributed by atoms with Gasteiger partial charge in [0.05, 0.1) is 17.6 Å². The molecule has 1 saturated carbocycles. The molecule has 0 saturated heterocycles. The van der Waals surface area contributed by atoms with Gasteiger partial charge in [0.25, 0.3) is 0 Å². The van der Waals surface area contributed by atoms with Gasteiger partial charge in [-0.25, -0.2) is 9.97 Å². The highest BCUT2D eigenvalue weighted by Crippen LogP contribution is 2.56. The van der Waals surface area contributed by atoms with Crippen LogP contribution in [-0.4, -0.2) is 25.4 Å². The molecule has 5 rings (SSSR count). The van der Waals surface area contributed by atoms with Crippen molar-refractivity contribution in [2.45, 2.75) is 38.5 Å². The molecule has 168 valence electrons. The van der Waals surface area contributed by atoms with Gasteiger partial charge in [-0.2, -0.15) is 0 Å². The summed E-state index contributed by atoms with van der Waals surface area (Å²) in [6, 6.07) is 13.6. The van der Waals surface area contributed by atoms with Crippen molar-refractivity contribution in [2.24, 2.45) is 18.9 Å². The highest BCUT2D eigenvalue weighted by atomic mass is 16.2. The monoisotopic (exact) mass is 441 g/mol. The Hall–Kier alpha value is -3.54. The van der Waals surface area contributed by atoms with Crippen molar-refractivity contribution in [3.05, 3.63) is 93.5 Å². The molecule has 0 radical (unpaired) electrons. The van der Waals surface area contributed by atoms with Crippen molar-refractivity contribution in [3.63, 3.8) is 0 Å². The normalized spacial score (nSPS) is 25.5. The zero-order valence-electron chi connectivity index (χ0n) is 19.1. The highest BCUT2D eigenvalue weighted by Gasteiger charge is 2.55. The van der Waals surface area contributed by atoms with Crippen LogP contribution in [0.4, 0.5) is 0 Å². The number of carbonyl (C=O) groups excluding carboxylic acids is 1. The number of Topliss-reactive ketones (excluding diaryl/α,β-unsaturated/α-hetero) is 1. The molecule has 2 aliphatic rings. The zero-order valence-corrected chi connectivity index (χ0v) is 19.1. The molecular formula is C27H27N3O3. The fraction of sp³-hybridized carbons (Fsp3) is 0.333. The smallest absolute Gasteiger partial charge is 0.250 e. The number of aliphatic hydroxyl groups is 1. The van der Waals surface area contributed by atoms with Gasteiger partial charge in [-0.1, -0.05) is 37.3 Å². The van der Waals surface area contributed by atoms with Crippen LogP contribution in [0.15, 0.2) is 65.3 Å². The molecule has 0 bridgehead atoms. The molecular weight excluding hydrogens is 414 g/mol. The summed E-state index contributed by atoms with van der Waals surface area (Å²) in [6.45, 7) is 3.86. The van der Waals surface area contributed by atoms with Crippen LogP contribution in [0.25, 0.3) is 11.3 Å². The summed E-state index contributed by atoms with van der Waals surface area (Å²) in [4.78, 5) is 34.8. The number of aliphatic hydroxyl groups excluding tert-OH is 1. The van der Waals surface area contributed by atoms with Gasteiger partial charge in [0, 0.05) is 47.3 Å². The molecule has 0 amide bonds. The molecule has 6 heteroatoms. The lowest BCUT2D eigenvalue weighted by Crippen LogP contribution is -2.51. The highest BCUT2D eigenvalue weighted by molar-refractivity contribution is 5.98. The van der Waals surface area contributed by atoms with Gasteiger partial charge in [0.2, 0.25) is 5.56 Å². The number of allylic oxidation sites excluding steroid dienone is 1. The van der Waals surface area contributed by atoms with Crippen molar-refractivity contribution in [1.82, 2.24) is 14.5 Å². The Kier molecular flexibility index (Phi) is 5.04. The molecule has 1 fully saturated rings. The Balaban J connectivity index is 1.83. The standard InChI is InChI=1S/C27H27N3O3/c1-16-22-11-10-21-24(18-9-12-23(32)30(3)14-18)28-17(2)29-26(21)27(22,13-19(15-31)25(16)33)20-7-5-4-6-8-20/h4-9,12,14-16,22,31H,10-11,13H2,1-3H3/t16-,22-,27+/m0/s1. The van der Waals surface area contributed by atoms with Crippen LogP contribution < -0.4 is 5.56 Å². The number of nitrogens with zero attached hydrogens (tertiary/aromatic N) is 3. The number of aryl methyl sites for hydroxylation is 2. The summed E-state index contributed by atoms with van der Waals surface area (Å²) in [7, 11) is 1.74. The van der Waals surface area contributed by atoms with E-state index in [1.807, 2.05) is 44.3 Å². The minimum Gasteiger partial charge on any atom is -0.515 e. The predicted molar refractivity (Wildman–Crippen MR) is 126 cm³/mol. The fourth-order valence-electron chi connectivity index (χ4n) is 5.95. The van der Waals surface area contributed by atoms with Gasteiger partial charge in [0.1, 0.15) is 5.82 Å². The first-order valence-corrected chi connectivity index (χ1v) is 11.3. The summed E-state index contributed by atoms with van der Waals surface area (Å²) in [5.41, 5.74) is 4.61. The summed E-state index contributed by atoms with van der Waals surface area (Å²) in [6.07, 6.45) is 4.77. The quantitative estimate of drug-likeness (QED) is 0.479. The second-order valence-corrected chi connectivity index (χ2v) is 9.28. The molecule has 0 spiro atoms. The van der Waals surface area contributed by atoms with Gasteiger partial charge in [-0.3, -0.25) is 9.59 Å². The first-order chi connectivity index (χ1) is 15.9. The molecule has 1 aromatic carbocycles. The van der Waals surface area contributed by atoms with Gasteiger partial charge in [0.15, 0.2) is 5.78 Å². The van der Waals surface area contributed by atoms with Crippen LogP contribution in [0.5, 0.6) is 0 Å². The van der Waals surface area contributed by atoms with E-state index in [1.54, 1.807) is 17.7 Å². The second-order valence-electron chi connectivity index (χ2n) is 9.28. The number of carbonyl (C=O) groups is 1. The molecule has 33 heavy (non-hydrogen) atoms. The molecule has 0 unspecified atom stereocenters. The average Bonchev–Trinajstić information content (AvgIpc) is 2.83. The number of hydrogen-bond acceptors (Lipinski definition) is 5. The van der Waals surface area contributed by atoms with Crippen LogP contribution in [0.2, 0.25) is 0 Å². The van der Waals surface area contributed by atoms with Gasteiger partial charge in [-0.05, 0) is 43.7 Å². The number of aromatic nitrogens is 3. The molecule has 2 aliphatic carbocycles. The first kappa shape index (κ1) is 21.3. The third-order valence-electron chi connectivity index (χ3n) is 7.49. The van der Waals surface area contributed by atoms with E-state index in [2.05, 4.69) is 12.1 Å². The molecule has 2 heterocycles. The van der Waals surface area contributed by atoms with Crippen LogP contribution in [0.1, 0.15) is 42.4 Å². The Morgan fingerprint density at radius 2 is 1.88 bits per heavy atom. The SMILES string of the molecule is Cc1nc(-c2ccc(=O)n(C)c2)c2c(n1)[C@@]1(c3ccccc3)CC(=CO)C(=O)[C@@H](C)[C@@H]1CC2. The van der Waals surface area contributed by atoms with Crippen LogP contribution in [-0.2, 0) is 23.7 Å². The van der Waals surface area contributed by atoms with E-state index in [4.69, 9.17) is 9.97 Å². The lowest BCUT2D eigenvalue weighted by molar-refractivity contribution is -0.123. The molecule has 3 aromatic rings.